The van der Waals surface area contributed by atoms with Crippen LogP contribution < -0.4 is 5.73 Å². The number of carboxylic acid groups (broad SMARTS) is 1. The smallest absolute Gasteiger partial charge is 0.320 e. The first kappa shape index (κ1) is 13.9. The molecule has 4 N–H and O–H groups in total. The van der Waals surface area contributed by atoms with Crippen LogP contribution in [0.2, 0.25) is 0 Å². The van der Waals surface area contributed by atoms with E-state index in [9.17, 15) is 13.2 Å². The van der Waals surface area contributed by atoms with Crippen molar-refractivity contribution in [3.8, 4) is 0 Å². The summed E-state index contributed by atoms with van der Waals surface area (Å²) in [5.41, 5.74) is 6.32. The fourth-order valence-electron chi connectivity index (χ4n) is 1.78. The molecule has 2 unspecified atom stereocenters. The van der Waals surface area contributed by atoms with Crippen molar-refractivity contribution in [3.63, 3.8) is 0 Å². The molecule has 0 spiro atoms. The molecular formula is C11H13NO6S. The summed E-state index contributed by atoms with van der Waals surface area (Å²) in [5, 5.41) is 8.73. The lowest BCUT2D eigenvalue weighted by Gasteiger charge is -2.10. The zero-order valence-corrected chi connectivity index (χ0v) is 10.6. The van der Waals surface area contributed by atoms with E-state index in [0.29, 0.717) is 17.7 Å². The summed E-state index contributed by atoms with van der Waals surface area (Å²) in [6, 6.07) is 3.10. The van der Waals surface area contributed by atoms with E-state index < -0.39 is 22.1 Å². The van der Waals surface area contributed by atoms with Gasteiger partial charge in [-0.3, -0.25) is 9.35 Å². The molecule has 2 atom stereocenters. The minimum atomic E-state index is -4.33. The maximum Gasteiger partial charge on any atom is 0.320 e. The molecule has 19 heavy (non-hydrogen) atoms. The number of aliphatic carboxylic acids is 1. The number of epoxide rings is 1. The Morgan fingerprint density at radius 1 is 1.53 bits per heavy atom. The van der Waals surface area contributed by atoms with Gasteiger partial charge < -0.3 is 15.6 Å². The van der Waals surface area contributed by atoms with E-state index in [1.165, 1.54) is 18.2 Å². The van der Waals surface area contributed by atoms with Crippen LogP contribution in [-0.4, -0.2) is 36.7 Å². The summed E-state index contributed by atoms with van der Waals surface area (Å²) in [4.78, 5) is 10.5. The minimum Gasteiger partial charge on any atom is -0.480 e. The van der Waals surface area contributed by atoms with Crippen LogP contribution in [-0.2, 0) is 26.1 Å². The number of hydrogen-bond donors (Lipinski definition) is 3. The lowest BCUT2D eigenvalue weighted by Crippen LogP contribution is -2.32. The Morgan fingerprint density at radius 3 is 2.63 bits per heavy atom. The number of hydrogen-bond acceptors (Lipinski definition) is 5. The Hall–Kier alpha value is -1.48. The average molecular weight is 287 g/mol. The second kappa shape index (κ2) is 4.89. The molecule has 1 aliphatic rings. The normalized spacial score (nSPS) is 20.0. The minimum absolute atomic E-state index is 0.0702. The van der Waals surface area contributed by atoms with Crippen molar-refractivity contribution >= 4 is 16.1 Å². The molecule has 0 aliphatic carbocycles. The van der Waals surface area contributed by atoms with Gasteiger partial charge >= 0.3 is 5.97 Å². The molecule has 0 bridgehead atoms. The van der Waals surface area contributed by atoms with Crippen molar-refractivity contribution in [2.24, 2.45) is 5.73 Å². The highest BCUT2D eigenvalue weighted by molar-refractivity contribution is 7.85. The third-order valence-electron chi connectivity index (χ3n) is 2.81. The van der Waals surface area contributed by atoms with Gasteiger partial charge in [0.25, 0.3) is 10.1 Å². The molecule has 2 rings (SSSR count). The van der Waals surface area contributed by atoms with Crippen LogP contribution in [0.1, 0.15) is 17.2 Å². The van der Waals surface area contributed by atoms with Crippen LogP contribution in [0.4, 0.5) is 0 Å². The highest BCUT2D eigenvalue weighted by Gasteiger charge is 2.31. The number of ether oxygens (including phenoxy) is 1. The summed E-state index contributed by atoms with van der Waals surface area (Å²) in [7, 11) is -4.33. The first-order valence-corrected chi connectivity index (χ1v) is 6.93. The third-order valence-corrected chi connectivity index (χ3v) is 3.73. The van der Waals surface area contributed by atoms with E-state index in [0.717, 1.165) is 0 Å². The Kier molecular flexibility index (Phi) is 3.59. The van der Waals surface area contributed by atoms with Gasteiger partial charge in [-0.25, -0.2) is 0 Å². The summed E-state index contributed by atoms with van der Waals surface area (Å²) < 4.78 is 36.5. The van der Waals surface area contributed by atoms with Crippen molar-refractivity contribution < 1.29 is 27.6 Å². The van der Waals surface area contributed by atoms with E-state index in [-0.39, 0.29) is 17.4 Å². The Labute approximate surface area is 109 Å². The van der Waals surface area contributed by atoms with Crippen LogP contribution in [0.25, 0.3) is 0 Å². The predicted octanol–water partition coefficient (Wildman–Crippen LogP) is -0.0410. The van der Waals surface area contributed by atoms with E-state index in [1.54, 1.807) is 0 Å². The van der Waals surface area contributed by atoms with Crippen molar-refractivity contribution in [1.82, 2.24) is 0 Å². The Balaban J connectivity index is 2.34. The van der Waals surface area contributed by atoms with Crippen LogP contribution in [0.5, 0.6) is 0 Å². The fraction of sp³-hybridized carbons (Fsp3) is 0.364. The van der Waals surface area contributed by atoms with E-state index >= 15 is 0 Å². The predicted molar refractivity (Wildman–Crippen MR) is 64.3 cm³/mol. The van der Waals surface area contributed by atoms with Gasteiger partial charge in [-0.1, -0.05) is 12.1 Å². The molecule has 104 valence electrons. The van der Waals surface area contributed by atoms with E-state index in [4.69, 9.17) is 20.1 Å². The van der Waals surface area contributed by atoms with Crippen LogP contribution in [0.3, 0.4) is 0 Å². The molecule has 8 heteroatoms. The molecule has 0 radical (unpaired) electrons. The largest absolute Gasteiger partial charge is 0.480 e. The topological polar surface area (TPSA) is 130 Å². The highest BCUT2D eigenvalue weighted by atomic mass is 32.2. The van der Waals surface area contributed by atoms with Gasteiger partial charge in [0.05, 0.1) is 11.5 Å². The quantitative estimate of drug-likeness (QED) is 0.511. The lowest BCUT2D eigenvalue weighted by molar-refractivity contribution is -0.138. The van der Waals surface area contributed by atoms with Gasteiger partial charge in [-0.2, -0.15) is 8.42 Å². The fourth-order valence-corrected chi connectivity index (χ4v) is 2.51. The van der Waals surface area contributed by atoms with Crippen LogP contribution in [0, 0.1) is 0 Å². The Morgan fingerprint density at radius 2 is 2.16 bits per heavy atom. The summed E-state index contributed by atoms with van der Waals surface area (Å²) in [6.45, 7) is 0.372. The molecule has 0 saturated carbocycles. The number of carboxylic acids is 1. The first-order chi connectivity index (χ1) is 8.79. The second-order valence-electron chi connectivity index (χ2n) is 4.32. The molecule has 1 aromatic carbocycles. The maximum atomic E-state index is 11.2. The maximum absolute atomic E-state index is 11.2. The lowest BCUT2D eigenvalue weighted by atomic mass is 10.0. The molecule has 0 aromatic heterocycles. The van der Waals surface area contributed by atoms with E-state index in [1.807, 2.05) is 0 Å². The second-order valence-corrected chi connectivity index (χ2v) is 5.71. The number of rotatable bonds is 5. The van der Waals surface area contributed by atoms with Crippen LogP contribution in [0.15, 0.2) is 23.1 Å². The van der Waals surface area contributed by atoms with Gasteiger partial charge in [0, 0.05) is 5.56 Å². The molecule has 1 saturated heterocycles. The van der Waals surface area contributed by atoms with Gasteiger partial charge in [-0.05, 0) is 18.1 Å². The molecule has 7 nitrogen and oxygen atoms in total. The number of nitrogens with two attached hydrogens (primary N) is 1. The zero-order valence-electron chi connectivity index (χ0n) is 9.81. The first-order valence-electron chi connectivity index (χ1n) is 5.49. The molecule has 1 aromatic rings. The summed E-state index contributed by atoms with van der Waals surface area (Å²) in [6.07, 6.45) is -0.307. The molecule has 1 fully saturated rings. The molecule has 1 heterocycles. The number of carbonyl (C=O) groups is 1. The third kappa shape index (κ3) is 3.29. The van der Waals surface area contributed by atoms with E-state index in [2.05, 4.69) is 0 Å². The summed E-state index contributed by atoms with van der Waals surface area (Å²) >= 11 is 0. The number of benzene rings is 1. The zero-order chi connectivity index (χ0) is 14.2. The Bertz CT molecular complexity index is 608. The van der Waals surface area contributed by atoms with Crippen LogP contribution >= 0.6 is 0 Å². The molecule has 0 amide bonds. The van der Waals surface area contributed by atoms with Gasteiger partial charge in [-0.15, -0.1) is 0 Å². The van der Waals surface area contributed by atoms with Crippen molar-refractivity contribution in [2.45, 2.75) is 23.5 Å². The SMILES string of the molecule is NC(Cc1ccc(S(=O)(=O)O)c(C2CO2)c1)C(=O)O. The summed E-state index contributed by atoms with van der Waals surface area (Å²) in [5.74, 6) is -1.14. The molecule has 1 aliphatic heterocycles. The van der Waals surface area contributed by atoms with Gasteiger partial charge in [0.2, 0.25) is 0 Å². The van der Waals surface area contributed by atoms with Gasteiger partial charge in [0.1, 0.15) is 12.1 Å². The highest BCUT2D eigenvalue weighted by Crippen LogP contribution is 2.35. The average Bonchev–Trinajstić information content (AvgIpc) is 3.10. The van der Waals surface area contributed by atoms with Crippen molar-refractivity contribution in [2.75, 3.05) is 6.61 Å². The van der Waals surface area contributed by atoms with Crippen molar-refractivity contribution in [3.05, 3.63) is 29.3 Å². The van der Waals surface area contributed by atoms with Crippen molar-refractivity contribution in [1.29, 1.82) is 0 Å². The standard InChI is InChI=1S/C11H13NO6S/c12-8(11(13)14)4-6-1-2-10(19(15,16)17)7(3-6)9-5-18-9/h1-3,8-9H,4-5,12H2,(H,13,14)(H,15,16,17). The monoisotopic (exact) mass is 287 g/mol. The van der Waals surface area contributed by atoms with Gasteiger partial charge in [0.15, 0.2) is 0 Å². The molecular weight excluding hydrogens is 274 g/mol.